The van der Waals surface area contributed by atoms with Crippen LogP contribution in [0.3, 0.4) is 0 Å². The van der Waals surface area contributed by atoms with Gasteiger partial charge in [0, 0.05) is 0 Å². The summed E-state index contributed by atoms with van der Waals surface area (Å²) in [6.45, 7) is 6.69. The minimum absolute atomic E-state index is 0.205. The first-order valence-corrected chi connectivity index (χ1v) is 13.3. The normalized spacial score (nSPS) is 16.1. The molecule has 0 bridgehead atoms. The Kier molecular flexibility index (Phi) is 17.4. The maximum atomic E-state index is 11.8. The summed E-state index contributed by atoms with van der Waals surface area (Å²) < 4.78 is -0.492. The molecule has 0 aliphatic heterocycles. The molecule has 3 unspecified atom stereocenters. The van der Waals surface area contributed by atoms with E-state index in [9.17, 15) is 29.7 Å². The van der Waals surface area contributed by atoms with E-state index in [-0.39, 0.29) is 6.54 Å². The molecule has 34 heavy (non-hydrogen) atoms. The highest BCUT2D eigenvalue weighted by Crippen LogP contribution is 2.27. The van der Waals surface area contributed by atoms with Gasteiger partial charge in [-0.1, -0.05) is 70.4 Å². The van der Waals surface area contributed by atoms with Gasteiger partial charge < -0.3 is 15.3 Å². The second-order valence-electron chi connectivity index (χ2n) is 9.70. The van der Waals surface area contributed by atoms with Crippen LogP contribution in [0.4, 0.5) is 0 Å². The molecule has 3 atom stereocenters. The summed E-state index contributed by atoms with van der Waals surface area (Å²) in [6, 6.07) is -3.39. The molecule has 0 aliphatic rings. The lowest BCUT2D eigenvalue weighted by molar-refractivity contribution is -0.968. The topological polar surface area (TPSA) is 112 Å². The molecule has 0 aromatic rings. The molecule has 0 radical (unpaired) electrons. The summed E-state index contributed by atoms with van der Waals surface area (Å²) in [5.41, 5.74) is 0. The van der Waals surface area contributed by atoms with Crippen molar-refractivity contribution in [2.45, 2.75) is 136 Å². The molecule has 198 valence electrons. The molecular formula is C27H50NO6+. The summed E-state index contributed by atoms with van der Waals surface area (Å²) in [6.07, 6.45) is 20.6. The van der Waals surface area contributed by atoms with Gasteiger partial charge in [-0.25, -0.2) is 14.4 Å². The van der Waals surface area contributed by atoms with E-state index in [1.165, 1.54) is 78.6 Å². The SMILES string of the molecule is CCCCCCCCCCC/C=C/CCCCC[N+](C(C)C(=O)O)(C(C)C(=O)O)C(C)C(=O)O. The lowest BCUT2D eigenvalue weighted by Gasteiger charge is -2.47. The zero-order valence-corrected chi connectivity index (χ0v) is 22.0. The summed E-state index contributed by atoms with van der Waals surface area (Å²) in [4.78, 5) is 35.3. The third-order valence-electron chi connectivity index (χ3n) is 7.29. The Morgan fingerprint density at radius 3 is 1.26 bits per heavy atom. The Labute approximate surface area is 206 Å². The van der Waals surface area contributed by atoms with Crippen LogP contribution in [-0.2, 0) is 14.4 Å². The molecule has 7 nitrogen and oxygen atoms in total. The van der Waals surface area contributed by atoms with Crippen LogP contribution in [0.2, 0.25) is 0 Å². The number of carboxylic acids is 3. The van der Waals surface area contributed by atoms with Crippen LogP contribution >= 0.6 is 0 Å². The fraction of sp³-hybridized carbons (Fsp3) is 0.815. The van der Waals surface area contributed by atoms with Crippen molar-refractivity contribution in [3.63, 3.8) is 0 Å². The van der Waals surface area contributed by atoms with Crippen LogP contribution < -0.4 is 0 Å². The number of hydrogen-bond donors (Lipinski definition) is 3. The molecule has 0 heterocycles. The van der Waals surface area contributed by atoms with Gasteiger partial charge in [-0.3, -0.25) is 4.48 Å². The van der Waals surface area contributed by atoms with Crippen LogP contribution in [0, 0.1) is 0 Å². The minimum Gasteiger partial charge on any atom is -0.477 e. The molecule has 0 aliphatic carbocycles. The molecule has 0 saturated heterocycles. The fourth-order valence-corrected chi connectivity index (χ4v) is 4.84. The molecule has 3 N–H and O–H groups in total. The zero-order valence-electron chi connectivity index (χ0n) is 22.0. The quantitative estimate of drug-likeness (QED) is 0.0950. The lowest BCUT2D eigenvalue weighted by atomic mass is 10.00. The average molecular weight is 485 g/mol. The van der Waals surface area contributed by atoms with Gasteiger partial charge in [0.05, 0.1) is 6.54 Å². The highest BCUT2D eigenvalue weighted by atomic mass is 16.4. The van der Waals surface area contributed by atoms with Crippen molar-refractivity contribution in [3.05, 3.63) is 12.2 Å². The summed E-state index contributed by atoms with van der Waals surface area (Å²) in [5, 5.41) is 28.8. The predicted octanol–water partition coefficient (Wildman–Crippen LogP) is 6.26. The largest absolute Gasteiger partial charge is 0.477 e. The van der Waals surface area contributed by atoms with Gasteiger partial charge in [0.2, 0.25) is 0 Å². The maximum Gasteiger partial charge on any atom is 0.362 e. The molecular weight excluding hydrogens is 434 g/mol. The number of aliphatic carboxylic acids is 3. The van der Waals surface area contributed by atoms with Crippen molar-refractivity contribution in [1.82, 2.24) is 0 Å². The maximum absolute atomic E-state index is 11.8. The molecule has 7 heteroatoms. The van der Waals surface area contributed by atoms with Crippen molar-refractivity contribution < 1.29 is 34.2 Å². The Bertz CT molecular complexity index is 568. The molecule has 0 spiro atoms. The van der Waals surface area contributed by atoms with Crippen molar-refractivity contribution in [3.8, 4) is 0 Å². The van der Waals surface area contributed by atoms with Gasteiger partial charge in [-0.2, -0.15) is 0 Å². The fourth-order valence-electron chi connectivity index (χ4n) is 4.84. The number of carboxylic acid groups (broad SMARTS) is 3. The molecule has 0 aromatic heterocycles. The Morgan fingerprint density at radius 1 is 0.588 bits per heavy atom. The van der Waals surface area contributed by atoms with Crippen LogP contribution in [0.25, 0.3) is 0 Å². The standard InChI is InChI=1S/C27H49NO6/c1-5-6-7-8-9-10-11-12-13-14-15-16-17-18-19-20-21-28(22(2)25(29)30,23(3)26(31)32)24(4)27(33)34/h15-16,22-24H,5-14,17-21H2,1-4H3,(H2-,29,30,31,32,33,34)/p+1/b16-15+. The van der Waals surface area contributed by atoms with E-state index in [1.807, 2.05) is 0 Å². The second kappa shape index (κ2) is 18.4. The van der Waals surface area contributed by atoms with Gasteiger partial charge in [-0.05, 0) is 59.3 Å². The van der Waals surface area contributed by atoms with E-state index in [4.69, 9.17) is 0 Å². The number of unbranched alkanes of at least 4 members (excludes halogenated alkanes) is 12. The van der Waals surface area contributed by atoms with Gasteiger partial charge in [-0.15, -0.1) is 0 Å². The average Bonchev–Trinajstić information content (AvgIpc) is 2.80. The summed E-state index contributed by atoms with van der Waals surface area (Å²) in [7, 11) is 0. The Morgan fingerprint density at radius 2 is 0.912 bits per heavy atom. The lowest BCUT2D eigenvalue weighted by Crippen LogP contribution is -2.70. The van der Waals surface area contributed by atoms with E-state index in [0.717, 1.165) is 25.7 Å². The van der Waals surface area contributed by atoms with E-state index in [0.29, 0.717) is 6.42 Å². The van der Waals surface area contributed by atoms with Crippen molar-refractivity contribution in [1.29, 1.82) is 0 Å². The van der Waals surface area contributed by atoms with E-state index >= 15 is 0 Å². The second-order valence-corrected chi connectivity index (χ2v) is 9.70. The summed E-state index contributed by atoms with van der Waals surface area (Å²) >= 11 is 0. The number of nitrogens with zero attached hydrogens (tertiary/aromatic N) is 1. The van der Waals surface area contributed by atoms with Crippen molar-refractivity contribution in [2.75, 3.05) is 6.54 Å². The van der Waals surface area contributed by atoms with E-state index < -0.39 is 40.5 Å². The van der Waals surface area contributed by atoms with Gasteiger partial charge in [0.1, 0.15) is 0 Å². The first kappa shape index (κ1) is 32.1. The highest BCUT2D eigenvalue weighted by molar-refractivity contribution is 5.77. The monoisotopic (exact) mass is 484 g/mol. The molecule has 0 saturated carbocycles. The van der Waals surface area contributed by atoms with Crippen LogP contribution in [0.15, 0.2) is 12.2 Å². The Balaban J connectivity index is 4.41. The molecule has 0 fully saturated rings. The smallest absolute Gasteiger partial charge is 0.362 e. The number of hydrogen-bond acceptors (Lipinski definition) is 3. The van der Waals surface area contributed by atoms with E-state index in [1.54, 1.807) is 0 Å². The first-order chi connectivity index (χ1) is 16.1. The number of rotatable bonds is 22. The van der Waals surface area contributed by atoms with E-state index in [2.05, 4.69) is 19.1 Å². The van der Waals surface area contributed by atoms with Crippen LogP contribution in [-0.4, -0.2) is 62.4 Å². The summed E-state index contributed by atoms with van der Waals surface area (Å²) in [5.74, 6) is -3.54. The van der Waals surface area contributed by atoms with Gasteiger partial charge in [0.25, 0.3) is 0 Å². The number of carbonyl (C=O) groups is 3. The molecule has 0 rings (SSSR count). The molecule has 0 amide bonds. The van der Waals surface area contributed by atoms with Gasteiger partial charge >= 0.3 is 17.9 Å². The third kappa shape index (κ3) is 11.5. The van der Waals surface area contributed by atoms with Crippen LogP contribution in [0.1, 0.15) is 118 Å². The highest BCUT2D eigenvalue weighted by Gasteiger charge is 2.52. The van der Waals surface area contributed by atoms with Gasteiger partial charge in [0.15, 0.2) is 18.1 Å². The molecule has 0 aromatic carbocycles. The predicted molar refractivity (Wildman–Crippen MR) is 136 cm³/mol. The first-order valence-electron chi connectivity index (χ1n) is 13.3. The Hall–Kier alpha value is -1.89. The number of quaternary nitrogens is 1. The number of allylic oxidation sites excluding steroid dienone is 2. The zero-order chi connectivity index (χ0) is 26.0. The van der Waals surface area contributed by atoms with Crippen LogP contribution in [0.5, 0.6) is 0 Å². The van der Waals surface area contributed by atoms with Crippen molar-refractivity contribution >= 4 is 17.9 Å². The minimum atomic E-state index is -1.18. The van der Waals surface area contributed by atoms with Crippen molar-refractivity contribution in [2.24, 2.45) is 0 Å². The third-order valence-corrected chi connectivity index (χ3v) is 7.29.